The molecule has 10 heteroatoms. The monoisotopic (exact) mass is 1150 g/mol. The SMILES string of the molecule is C.C.CC.CC.CCC(C)(C)c1ccccc1.CCC(C)(C)c1ccccc1.COCC(=O)OC(C)(C)C1(C)C(C)(C)[Si](C)(C)C(C)(C)[Si](C)(C)C1(C)C.COCC(=O)OC1(C)C(C)(C)[Si](C)(C)C(C)(C)[Si](C)(C)C1(C)C. The Labute approximate surface area is 486 Å². The Bertz CT molecular complexity index is 1950. The predicted octanol–water partition coefficient (Wildman–Crippen LogP) is 21.6. The van der Waals surface area contributed by atoms with Crippen molar-refractivity contribution < 1.29 is 28.5 Å². The molecule has 2 aromatic carbocycles. The van der Waals surface area contributed by atoms with E-state index in [1.54, 1.807) is 14.2 Å². The Hall–Kier alpha value is -1.83. The minimum atomic E-state index is -1.75. The maximum absolute atomic E-state index is 12.4. The van der Waals surface area contributed by atoms with Gasteiger partial charge in [-0.05, 0) is 85.0 Å². The number of rotatable bonds is 11. The van der Waals surface area contributed by atoms with E-state index in [4.69, 9.17) is 18.9 Å². The second kappa shape index (κ2) is 28.4. The van der Waals surface area contributed by atoms with Gasteiger partial charge in [0, 0.05) is 19.6 Å². The van der Waals surface area contributed by atoms with E-state index >= 15 is 0 Å². The van der Waals surface area contributed by atoms with Crippen molar-refractivity contribution in [2.24, 2.45) is 5.41 Å². The van der Waals surface area contributed by atoms with Crippen molar-refractivity contribution in [3.63, 3.8) is 0 Å². The fourth-order valence-electron chi connectivity index (χ4n) is 13.5. The molecule has 454 valence electrons. The lowest BCUT2D eigenvalue weighted by Gasteiger charge is -2.78. The number of ether oxygens (including phenoxy) is 4. The molecule has 2 aromatic rings. The lowest BCUT2D eigenvalue weighted by atomic mass is 9.59. The highest BCUT2D eigenvalue weighted by Gasteiger charge is 2.79. The number of hydrogen-bond donors (Lipinski definition) is 0. The van der Waals surface area contributed by atoms with Gasteiger partial charge in [0.2, 0.25) is 0 Å². The molecule has 0 radical (unpaired) electrons. The van der Waals surface area contributed by atoms with Gasteiger partial charge in [-0.3, -0.25) is 0 Å². The van der Waals surface area contributed by atoms with Crippen molar-refractivity contribution in [2.45, 2.75) is 312 Å². The van der Waals surface area contributed by atoms with Crippen LogP contribution < -0.4 is 0 Å². The summed E-state index contributed by atoms with van der Waals surface area (Å²) >= 11 is 0. The van der Waals surface area contributed by atoms with Crippen LogP contribution in [0, 0.1) is 5.41 Å². The Balaban J connectivity index is -0.000000473. The second-order valence-electron chi connectivity index (χ2n) is 28.9. The van der Waals surface area contributed by atoms with E-state index in [0.29, 0.717) is 20.2 Å². The first-order valence-electron chi connectivity index (χ1n) is 29.0. The summed E-state index contributed by atoms with van der Waals surface area (Å²) in [4.78, 5) is 24.8. The van der Waals surface area contributed by atoms with E-state index in [0.717, 1.165) is 0 Å². The Kier molecular flexibility index (Phi) is 30.1. The van der Waals surface area contributed by atoms with Gasteiger partial charge in [0.25, 0.3) is 0 Å². The van der Waals surface area contributed by atoms with Crippen LogP contribution in [0.4, 0.5) is 0 Å². The number of hydrogen-bond acceptors (Lipinski definition) is 6. The molecule has 2 aliphatic rings. The van der Waals surface area contributed by atoms with Crippen molar-refractivity contribution in [1.29, 1.82) is 0 Å². The molecule has 2 heterocycles. The van der Waals surface area contributed by atoms with E-state index in [-0.39, 0.29) is 65.6 Å². The maximum Gasteiger partial charge on any atom is 0.332 e. The van der Waals surface area contributed by atoms with Crippen LogP contribution in [-0.4, -0.2) is 82.9 Å². The highest BCUT2D eigenvalue weighted by atomic mass is 28.4. The van der Waals surface area contributed by atoms with Gasteiger partial charge < -0.3 is 18.9 Å². The highest BCUT2D eigenvalue weighted by Crippen LogP contribution is 2.82. The quantitative estimate of drug-likeness (QED) is 0.165. The summed E-state index contributed by atoms with van der Waals surface area (Å²) in [5, 5.41) is 0.0661. The summed E-state index contributed by atoms with van der Waals surface area (Å²) in [6, 6.07) is 21.3. The topological polar surface area (TPSA) is 71.1 Å². The van der Waals surface area contributed by atoms with E-state index in [1.807, 2.05) is 27.7 Å². The van der Waals surface area contributed by atoms with E-state index in [9.17, 15) is 9.59 Å². The molecule has 77 heavy (non-hydrogen) atoms. The van der Waals surface area contributed by atoms with Crippen LogP contribution in [0.15, 0.2) is 60.7 Å². The second-order valence-corrected chi connectivity index (χ2v) is 52.9. The molecule has 0 amide bonds. The average molecular weight is 1150 g/mol. The highest BCUT2D eigenvalue weighted by molar-refractivity contribution is 7.04. The third kappa shape index (κ3) is 14.2. The van der Waals surface area contributed by atoms with Crippen LogP contribution in [-0.2, 0) is 39.4 Å². The summed E-state index contributed by atoms with van der Waals surface area (Å²) in [7, 11) is -3.91. The molecule has 0 spiro atoms. The summed E-state index contributed by atoms with van der Waals surface area (Å²) in [5.41, 5.74) is 2.31. The van der Waals surface area contributed by atoms with Crippen LogP contribution in [0.2, 0.25) is 81.9 Å². The first-order chi connectivity index (χ1) is 33.5. The maximum atomic E-state index is 12.4. The number of benzene rings is 2. The van der Waals surface area contributed by atoms with Crippen LogP contribution >= 0.6 is 0 Å². The average Bonchev–Trinajstić information content (AvgIpc) is 3.32. The van der Waals surface area contributed by atoms with Gasteiger partial charge in [-0.25, -0.2) is 9.59 Å². The van der Waals surface area contributed by atoms with Crippen molar-refractivity contribution in [3.8, 4) is 0 Å². The van der Waals surface area contributed by atoms with Crippen LogP contribution in [0.25, 0.3) is 0 Å². The smallest absolute Gasteiger partial charge is 0.332 e. The van der Waals surface area contributed by atoms with E-state index in [1.165, 1.54) is 24.0 Å². The molecule has 0 N–H and O–H groups in total. The molecule has 2 fully saturated rings. The minimum Gasteiger partial charge on any atom is -0.457 e. The van der Waals surface area contributed by atoms with Gasteiger partial charge >= 0.3 is 11.9 Å². The van der Waals surface area contributed by atoms with E-state index < -0.39 is 43.5 Å². The number of carbonyl (C=O) groups excluding carboxylic acids is 2. The van der Waals surface area contributed by atoms with Gasteiger partial charge in [0.1, 0.15) is 24.4 Å². The molecule has 0 aliphatic carbocycles. The first-order valence-corrected chi connectivity index (χ1v) is 41.0. The van der Waals surface area contributed by atoms with Gasteiger partial charge in [-0.15, -0.1) is 0 Å². The molecule has 0 unspecified atom stereocenters. The van der Waals surface area contributed by atoms with Crippen molar-refractivity contribution >= 4 is 44.2 Å². The first kappa shape index (κ1) is 81.6. The predicted molar refractivity (Wildman–Crippen MR) is 356 cm³/mol. The zero-order chi connectivity index (χ0) is 60.5. The summed E-state index contributed by atoms with van der Waals surface area (Å²) in [6.45, 7) is 79.7. The zero-order valence-corrected chi connectivity index (χ0v) is 60.6. The lowest BCUT2D eigenvalue weighted by Crippen LogP contribution is -2.78. The molecule has 0 atom stereocenters. The Morgan fingerprint density at radius 1 is 0.442 bits per heavy atom. The third-order valence-electron chi connectivity index (χ3n) is 24.7. The summed E-state index contributed by atoms with van der Waals surface area (Å²) in [5.74, 6) is -0.514. The summed E-state index contributed by atoms with van der Waals surface area (Å²) < 4.78 is 23.1. The van der Waals surface area contributed by atoms with Crippen LogP contribution in [0.3, 0.4) is 0 Å². The fraction of sp³-hybridized carbons (Fsp3) is 0.791. The van der Waals surface area contributed by atoms with Crippen molar-refractivity contribution in [2.75, 3.05) is 27.4 Å². The van der Waals surface area contributed by atoms with Gasteiger partial charge in [0.15, 0.2) is 0 Å². The van der Waals surface area contributed by atoms with Crippen molar-refractivity contribution in [3.05, 3.63) is 71.8 Å². The van der Waals surface area contributed by atoms with Gasteiger partial charge in [0.05, 0.1) is 32.3 Å². The molecular weight excluding hydrogens is 1010 g/mol. The third-order valence-corrected chi connectivity index (χ3v) is 59.1. The molecule has 0 saturated carbocycles. The summed E-state index contributed by atoms with van der Waals surface area (Å²) in [6.07, 6.45) is 2.38. The lowest BCUT2D eigenvalue weighted by molar-refractivity contribution is -0.183. The minimum absolute atomic E-state index is 0. The molecule has 6 nitrogen and oxygen atoms in total. The Morgan fingerprint density at radius 3 is 0.935 bits per heavy atom. The van der Waals surface area contributed by atoms with Crippen molar-refractivity contribution in [1.82, 2.24) is 0 Å². The Morgan fingerprint density at radius 2 is 0.688 bits per heavy atom. The number of esters is 2. The largest absolute Gasteiger partial charge is 0.457 e. The van der Waals surface area contributed by atoms with Crippen LogP contribution in [0.1, 0.15) is 219 Å². The van der Waals surface area contributed by atoms with Crippen LogP contribution in [0.5, 0.6) is 0 Å². The molecule has 4 rings (SSSR count). The van der Waals surface area contributed by atoms with Gasteiger partial charge in [-0.2, -0.15) is 0 Å². The van der Waals surface area contributed by atoms with Gasteiger partial charge in [-0.1, -0.05) is 287 Å². The molecule has 2 saturated heterocycles. The molecule has 0 aromatic heterocycles. The fourth-order valence-corrected chi connectivity index (χ4v) is 43.1. The number of carbonyl (C=O) groups is 2. The number of methoxy groups -OCH3 is 2. The normalized spacial score (nSPS) is 21.4. The standard InChI is InChI=1S/C21H44O3Si2.C18H38O3Si2.2C11H16.2C2H6.2CH4/c1-17(2,24-16(22)15-23-10)21(9)18(3,4)25(11,12)20(7,8)26(13,14)19(21,5)6;1-15(2)18(7,21-14(19)13-20-8)16(3,4)23(11,12)17(5,6)22(15,9)10;2*1-4-11(2,3)10-8-6-5-7-9-10;2*1-2;;/h15H2,1-14H3;13H2,1-12H3;2*5-9H,4H2,1-3H3;2*1-2H3;2*1H4. The van der Waals surface area contributed by atoms with E-state index in [2.05, 4.69) is 265 Å². The zero-order valence-electron chi connectivity index (χ0n) is 56.6. The molecule has 2 aliphatic heterocycles. The molecular formula is C67H134O6Si4. The molecule has 0 bridgehead atoms.